The van der Waals surface area contributed by atoms with Gasteiger partial charge in [-0.1, -0.05) is 53.4 Å². The molecule has 0 spiro atoms. The van der Waals surface area contributed by atoms with E-state index in [0.717, 1.165) is 21.8 Å². The highest BCUT2D eigenvalue weighted by atomic mass is 32.2. The van der Waals surface area contributed by atoms with E-state index in [1.807, 2.05) is 6.08 Å². The molecule has 2 rings (SSSR count). The molecule has 0 bridgehead atoms. The van der Waals surface area contributed by atoms with Crippen LogP contribution in [-0.4, -0.2) is 16.7 Å². The van der Waals surface area contributed by atoms with Crippen LogP contribution in [0.2, 0.25) is 0 Å². The van der Waals surface area contributed by atoms with Crippen molar-refractivity contribution in [1.82, 2.24) is 10.2 Å². The predicted molar refractivity (Wildman–Crippen MR) is 79.3 cm³/mol. The largest absolute Gasteiger partial charge is 0.357 e. The smallest absolute Gasteiger partial charge is 0.206 e. The van der Waals surface area contributed by atoms with Crippen molar-refractivity contribution in [1.29, 1.82) is 0 Å². The lowest BCUT2D eigenvalue weighted by atomic mass is 10.1. The van der Waals surface area contributed by atoms with E-state index in [9.17, 15) is 0 Å². The average Bonchev–Trinajstić information content (AvgIpc) is 2.83. The minimum Gasteiger partial charge on any atom is -0.357 e. The molecule has 1 heterocycles. The van der Waals surface area contributed by atoms with Gasteiger partial charge in [0.2, 0.25) is 5.13 Å². The summed E-state index contributed by atoms with van der Waals surface area (Å²) in [6.07, 6.45) is 1.81. The van der Waals surface area contributed by atoms with Crippen molar-refractivity contribution in [3.8, 4) is 0 Å². The highest BCUT2D eigenvalue weighted by Crippen LogP contribution is 2.28. The maximum Gasteiger partial charge on any atom is 0.206 e. The Morgan fingerprint density at radius 2 is 2.22 bits per heavy atom. The molecular formula is C13H15N3S2. The second-order valence-corrected chi connectivity index (χ2v) is 5.96. The lowest BCUT2D eigenvalue weighted by Crippen LogP contribution is -1.96. The molecule has 0 atom stereocenters. The van der Waals surface area contributed by atoms with E-state index in [0.29, 0.717) is 0 Å². The van der Waals surface area contributed by atoms with Crippen LogP contribution in [0.4, 0.5) is 5.13 Å². The van der Waals surface area contributed by atoms with Crippen molar-refractivity contribution >= 4 is 28.2 Å². The van der Waals surface area contributed by atoms with Crippen molar-refractivity contribution in [2.45, 2.75) is 17.0 Å². The molecule has 0 fully saturated rings. The molecule has 0 aliphatic heterocycles. The zero-order chi connectivity index (χ0) is 12.8. The molecule has 1 aromatic heterocycles. The predicted octanol–water partition coefficient (Wildman–Crippen LogP) is 3.74. The first-order valence-corrected chi connectivity index (χ1v) is 7.45. The number of nitrogens with zero attached hydrogens (tertiary/aromatic N) is 2. The molecule has 0 aliphatic rings. The van der Waals surface area contributed by atoms with Gasteiger partial charge < -0.3 is 5.32 Å². The van der Waals surface area contributed by atoms with E-state index in [2.05, 4.69) is 53.3 Å². The molecule has 1 aromatic carbocycles. The Morgan fingerprint density at radius 1 is 1.39 bits per heavy atom. The van der Waals surface area contributed by atoms with Gasteiger partial charge in [-0.2, -0.15) is 0 Å². The Hall–Kier alpha value is -1.33. The van der Waals surface area contributed by atoms with Crippen LogP contribution in [0.1, 0.15) is 11.1 Å². The van der Waals surface area contributed by atoms with Crippen LogP contribution in [0.15, 0.2) is 41.3 Å². The summed E-state index contributed by atoms with van der Waals surface area (Å²) in [5.74, 6) is 0.933. The highest BCUT2D eigenvalue weighted by molar-refractivity contribution is 8.00. The number of aryl methyl sites for hydroxylation is 1. The van der Waals surface area contributed by atoms with Gasteiger partial charge in [-0.05, 0) is 18.1 Å². The summed E-state index contributed by atoms with van der Waals surface area (Å²) in [6.45, 7) is 6.51. The Balaban J connectivity index is 1.92. The van der Waals surface area contributed by atoms with Crippen LogP contribution in [-0.2, 0) is 5.75 Å². The molecule has 18 heavy (non-hydrogen) atoms. The van der Waals surface area contributed by atoms with E-state index in [1.54, 1.807) is 23.1 Å². The van der Waals surface area contributed by atoms with Crippen LogP contribution < -0.4 is 5.32 Å². The molecule has 2 aromatic rings. The summed E-state index contributed by atoms with van der Waals surface area (Å²) >= 11 is 3.30. The average molecular weight is 277 g/mol. The van der Waals surface area contributed by atoms with Crippen molar-refractivity contribution in [3.05, 3.63) is 48.0 Å². The number of hydrogen-bond donors (Lipinski definition) is 1. The lowest BCUT2D eigenvalue weighted by molar-refractivity contribution is 1.01. The topological polar surface area (TPSA) is 37.8 Å². The molecule has 3 nitrogen and oxygen atoms in total. The Labute approximate surface area is 115 Å². The molecule has 0 unspecified atom stereocenters. The van der Waals surface area contributed by atoms with Gasteiger partial charge >= 0.3 is 0 Å². The standard InChI is InChI=1S/C13H15N3S2/c1-3-8-14-12-15-16-13(18-12)17-9-11-7-5-4-6-10(11)2/h3-7H,1,8-9H2,2H3,(H,14,15). The van der Waals surface area contributed by atoms with Crippen molar-refractivity contribution in [2.75, 3.05) is 11.9 Å². The minimum absolute atomic E-state index is 0.719. The first-order chi connectivity index (χ1) is 8.79. The first kappa shape index (κ1) is 13.1. The number of benzene rings is 1. The number of nitrogens with one attached hydrogen (secondary N) is 1. The van der Waals surface area contributed by atoms with Crippen molar-refractivity contribution in [3.63, 3.8) is 0 Å². The first-order valence-electron chi connectivity index (χ1n) is 5.65. The summed E-state index contributed by atoms with van der Waals surface area (Å²) in [7, 11) is 0. The van der Waals surface area contributed by atoms with Gasteiger partial charge in [0.25, 0.3) is 0 Å². The van der Waals surface area contributed by atoms with Crippen LogP contribution in [0.5, 0.6) is 0 Å². The monoisotopic (exact) mass is 277 g/mol. The quantitative estimate of drug-likeness (QED) is 0.645. The van der Waals surface area contributed by atoms with Crippen LogP contribution in [0, 0.1) is 6.92 Å². The summed E-state index contributed by atoms with van der Waals surface area (Å²) in [5.41, 5.74) is 2.66. The van der Waals surface area contributed by atoms with Gasteiger partial charge in [-0.25, -0.2) is 0 Å². The van der Waals surface area contributed by atoms with E-state index in [-0.39, 0.29) is 0 Å². The second kappa shape index (κ2) is 6.56. The Morgan fingerprint density at radius 3 is 3.00 bits per heavy atom. The van der Waals surface area contributed by atoms with Crippen molar-refractivity contribution < 1.29 is 0 Å². The van der Waals surface area contributed by atoms with Crippen LogP contribution in [0.25, 0.3) is 0 Å². The number of rotatable bonds is 6. The molecule has 0 saturated heterocycles. The maximum atomic E-state index is 4.15. The summed E-state index contributed by atoms with van der Waals surface area (Å²) in [6, 6.07) is 8.42. The van der Waals surface area contributed by atoms with Gasteiger partial charge in [-0.3, -0.25) is 0 Å². The minimum atomic E-state index is 0.719. The van der Waals surface area contributed by atoms with Gasteiger partial charge in [0, 0.05) is 12.3 Å². The number of anilines is 1. The summed E-state index contributed by atoms with van der Waals surface area (Å²) in [5, 5.41) is 12.2. The molecule has 0 amide bonds. The number of thioether (sulfide) groups is 1. The molecule has 5 heteroatoms. The van der Waals surface area contributed by atoms with Gasteiger partial charge in [0.15, 0.2) is 4.34 Å². The zero-order valence-electron chi connectivity index (χ0n) is 10.2. The Bertz CT molecular complexity index is 522. The summed E-state index contributed by atoms with van der Waals surface area (Å²) in [4.78, 5) is 0. The molecule has 1 N–H and O–H groups in total. The fourth-order valence-corrected chi connectivity index (χ4v) is 3.25. The van der Waals surface area contributed by atoms with E-state index >= 15 is 0 Å². The SMILES string of the molecule is C=CCNc1nnc(SCc2ccccc2C)s1. The lowest BCUT2D eigenvalue weighted by Gasteiger charge is -2.02. The van der Waals surface area contributed by atoms with Crippen LogP contribution in [0.3, 0.4) is 0 Å². The van der Waals surface area contributed by atoms with Gasteiger partial charge in [0.05, 0.1) is 0 Å². The highest BCUT2D eigenvalue weighted by Gasteiger charge is 2.05. The molecule has 0 radical (unpaired) electrons. The number of aromatic nitrogens is 2. The van der Waals surface area contributed by atoms with Gasteiger partial charge in [0.1, 0.15) is 0 Å². The second-order valence-electron chi connectivity index (χ2n) is 3.76. The third-order valence-corrected chi connectivity index (χ3v) is 4.48. The molecular weight excluding hydrogens is 262 g/mol. The van der Waals surface area contributed by atoms with Gasteiger partial charge in [-0.15, -0.1) is 16.8 Å². The van der Waals surface area contributed by atoms with E-state index in [1.165, 1.54) is 11.1 Å². The van der Waals surface area contributed by atoms with Crippen molar-refractivity contribution in [2.24, 2.45) is 0 Å². The third kappa shape index (κ3) is 3.58. The summed E-state index contributed by atoms with van der Waals surface area (Å²) < 4.78 is 0.991. The fraction of sp³-hybridized carbons (Fsp3) is 0.231. The fourth-order valence-electron chi connectivity index (χ4n) is 1.41. The molecule has 0 aliphatic carbocycles. The maximum absolute atomic E-state index is 4.15. The van der Waals surface area contributed by atoms with E-state index < -0.39 is 0 Å². The van der Waals surface area contributed by atoms with E-state index in [4.69, 9.17) is 0 Å². The normalized spacial score (nSPS) is 10.3. The number of hydrogen-bond acceptors (Lipinski definition) is 5. The molecule has 94 valence electrons. The zero-order valence-corrected chi connectivity index (χ0v) is 11.9. The third-order valence-electron chi connectivity index (χ3n) is 2.42. The molecule has 0 saturated carbocycles. The Kier molecular flexibility index (Phi) is 4.78. The van der Waals surface area contributed by atoms with Crippen LogP contribution >= 0.6 is 23.1 Å².